The molecule has 5 nitrogen and oxygen atoms in total. The normalized spacial score (nSPS) is 10.7. The topological polar surface area (TPSA) is 66.5 Å². The predicted molar refractivity (Wildman–Crippen MR) is 90.8 cm³/mol. The van der Waals surface area contributed by atoms with Gasteiger partial charge in [0.2, 0.25) is 0 Å². The van der Waals surface area contributed by atoms with Crippen LogP contribution >= 0.6 is 27.5 Å². The number of aryl methyl sites for hydroxylation is 1. The van der Waals surface area contributed by atoms with Gasteiger partial charge in [0.15, 0.2) is 5.82 Å². The number of aromatic amines is 1. The minimum Gasteiger partial charge on any atom is -0.379 e. The molecular weight excluding hydrogens is 366 g/mol. The Balaban J connectivity index is 1.75. The second-order valence-electron chi connectivity index (χ2n) is 4.76. The third-order valence-corrected chi connectivity index (χ3v) is 3.96. The number of nitrogens with zero attached hydrogens (tertiary/aromatic N) is 3. The second-order valence-corrected chi connectivity index (χ2v) is 6.05. The highest BCUT2D eigenvalue weighted by atomic mass is 79.9. The molecule has 3 rings (SSSR count). The van der Waals surface area contributed by atoms with Crippen molar-refractivity contribution in [2.75, 3.05) is 5.32 Å². The molecule has 0 spiro atoms. The fraction of sp³-hybridized carbons (Fsp3) is 0.133. The van der Waals surface area contributed by atoms with Gasteiger partial charge in [-0.05, 0) is 41.1 Å². The predicted octanol–water partition coefficient (Wildman–Crippen LogP) is 4.20. The van der Waals surface area contributed by atoms with Crippen molar-refractivity contribution in [3.63, 3.8) is 0 Å². The number of aromatic nitrogens is 4. The van der Waals surface area contributed by atoms with Gasteiger partial charge in [-0.15, -0.1) is 0 Å². The van der Waals surface area contributed by atoms with E-state index >= 15 is 0 Å². The van der Waals surface area contributed by atoms with Gasteiger partial charge in [-0.25, -0.2) is 4.98 Å². The minimum atomic E-state index is 0.591. The summed E-state index contributed by atoms with van der Waals surface area (Å²) in [7, 11) is 0. The Kier molecular flexibility index (Phi) is 4.40. The minimum absolute atomic E-state index is 0.591. The van der Waals surface area contributed by atoms with E-state index in [0.717, 1.165) is 27.2 Å². The number of benzene rings is 1. The molecule has 0 atom stereocenters. The van der Waals surface area contributed by atoms with E-state index in [1.165, 1.54) is 0 Å². The summed E-state index contributed by atoms with van der Waals surface area (Å²) in [4.78, 5) is 8.64. The first-order valence-corrected chi connectivity index (χ1v) is 7.82. The number of hydrogen-bond acceptors (Lipinski definition) is 4. The Morgan fingerprint density at radius 1 is 1.32 bits per heavy atom. The molecule has 0 aliphatic rings. The summed E-state index contributed by atoms with van der Waals surface area (Å²) in [5.74, 6) is 1.48. The smallest absolute Gasteiger partial charge is 0.181 e. The summed E-state index contributed by atoms with van der Waals surface area (Å²) < 4.78 is 0.883. The first-order chi connectivity index (χ1) is 10.6. The third-order valence-electron chi connectivity index (χ3n) is 3.06. The highest BCUT2D eigenvalue weighted by molar-refractivity contribution is 9.10. The van der Waals surface area contributed by atoms with E-state index in [1.807, 2.05) is 37.3 Å². The Labute approximate surface area is 141 Å². The number of pyridine rings is 1. The highest BCUT2D eigenvalue weighted by Gasteiger charge is 2.06. The molecule has 3 aromatic rings. The van der Waals surface area contributed by atoms with Crippen LogP contribution in [0.1, 0.15) is 11.5 Å². The van der Waals surface area contributed by atoms with Crippen LogP contribution in [0.4, 0.5) is 5.69 Å². The molecule has 1 aromatic carbocycles. The summed E-state index contributed by atoms with van der Waals surface area (Å²) in [6.07, 6.45) is 1.64. The first kappa shape index (κ1) is 15.0. The van der Waals surface area contributed by atoms with E-state index in [4.69, 9.17) is 11.6 Å². The van der Waals surface area contributed by atoms with Crippen molar-refractivity contribution in [1.82, 2.24) is 20.2 Å². The Morgan fingerprint density at radius 2 is 2.18 bits per heavy atom. The third kappa shape index (κ3) is 3.45. The number of hydrogen-bond donors (Lipinski definition) is 2. The lowest BCUT2D eigenvalue weighted by molar-refractivity contribution is 1.03. The molecule has 0 bridgehead atoms. The molecule has 0 amide bonds. The summed E-state index contributed by atoms with van der Waals surface area (Å²) in [6, 6.07) is 9.77. The molecule has 0 fully saturated rings. The van der Waals surface area contributed by atoms with Crippen LogP contribution in [-0.4, -0.2) is 20.2 Å². The maximum Gasteiger partial charge on any atom is 0.181 e. The molecule has 22 heavy (non-hydrogen) atoms. The molecule has 0 radical (unpaired) electrons. The quantitative estimate of drug-likeness (QED) is 0.714. The summed E-state index contributed by atoms with van der Waals surface area (Å²) in [5.41, 5.74) is 2.82. The van der Waals surface area contributed by atoms with Crippen molar-refractivity contribution in [2.45, 2.75) is 13.5 Å². The van der Waals surface area contributed by atoms with E-state index in [1.54, 1.807) is 6.20 Å². The monoisotopic (exact) mass is 377 g/mol. The second kappa shape index (κ2) is 6.46. The van der Waals surface area contributed by atoms with E-state index in [2.05, 4.69) is 41.4 Å². The summed E-state index contributed by atoms with van der Waals surface area (Å²) >= 11 is 9.36. The molecule has 0 aliphatic carbocycles. The van der Waals surface area contributed by atoms with Crippen LogP contribution < -0.4 is 5.32 Å². The van der Waals surface area contributed by atoms with Crippen LogP contribution in [0, 0.1) is 6.92 Å². The van der Waals surface area contributed by atoms with Gasteiger partial charge in [0, 0.05) is 21.9 Å². The molecule has 2 heterocycles. The van der Waals surface area contributed by atoms with E-state index in [9.17, 15) is 0 Å². The molecule has 2 aromatic heterocycles. The van der Waals surface area contributed by atoms with Gasteiger partial charge in [-0.3, -0.25) is 10.1 Å². The molecule has 2 N–H and O–H groups in total. The molecule has 7 heteroatoms. The maximum atomic E-state index is 5.89. The van der Waals surface area contributed by atoms with Gasteiger partial charge in [-0.2, -0.15) is 5.10 Å². The number of halogens is 2. The van der Waals surface area contributed by atoms with Crippen LogP contribution in [0.2, 0.25) is 5.02 Å². The Hall–Kier alpha value is -1.92. The lowest BCUT2D eigenvalue weighted by Crippen LogP contribution is -2.02. The Morgan fingerprint density at radius 3 is 2.91 bits per heavy atom. The highest BCUT2D eigenvalue weighted by Crippen LogP contribution is 2.22. The average molecular weight is 379 g/mol. The van der Waals surface area contributed by atoms with E-state index < -0.39 is 0 Å². The van der Waals surface area contributed by atoms with Gasteiger partial charge in [0.25, 0.3) is 0 Å². The molecular formula is C15H13BrClN5. The van der Waals surface area contributed by atoms with Crippen molar-refractivity contribution in [1.29, 1.82) is 0 Å². The SMILES string of the molecule is Cc1nc(-c2cccc(NCc3ncc(Cl)cc3Br)c2)n[nH]1. The number of rotatable bonds is 4. The van der Waals surface area contributed by atoms with Crippen molar-refractivity contribution in [3.05, 3.63) is 57.5 Å². The standard InChI is InChI=1S/C15H13BrClN5/c1-9-20-15(22-21-9)10-3-2-4-12(5-10)18-8-14-13(16)6-11(17)7-19-14/h2-7,18H,8H2,1H3,(H,20,21,22). The van der Waals surface area contributed by atoms with Crippen molar-refractivity contribution < 1.29 is 0 Å². The van der Waals surface area contributed by atoms with E-state index in [-0.39, 0.29) is 0 Å². The van der Waals surface area contributed by atoms with Crippen molar-refractivity contribution >= 4 is 33.2 Å². The number of anilines is 1. The van der Waals surface area contributed by atoms with Crippen molar-refractivity contribution in [3.8, 4) is 11.4 Å². The van der Waals surface area contributed by atoms with Crippen LogP contribution in [0.15, 0.2) is 41.0 Å². The van der Waals surface area contributed by atoms with Crippen molar-refractivity contribution in [2.24, 2.45) is 0 Å². The molecule has 0 unspecified atom stereocenters. The molecule has 0 saturated carbocycles. The van der Waals surface area contributed by atoms with Gasteiger partial charge in [-0.1, -0.05) is 23.7 Å². The van der Waals surface area contributed by atoms with Gasteiger partial charge >= 0.3 is 0 Å². The summed E-state index contributed by atoms with van der Waals surface area (Å²) in [6.45, 7) is 2.47. The number of nitrogens with one attached hydrogen (secondary N) is 2. The largest absolute Gasteiger partial charge is 0.379 e. The van der Waals surface area contributed by atoms with E-state index in [0.29, 0.717) is 17.4 Å². The van der Waals surface area contributed by atoms with Crippen LogP contribution in [-0.2, 0) is 6.54 Å². The van der Waals surface area contributed by atoms with Gasteiger partial charge < -0.3 is 5.32 Å². The van der Waals surface area contributed by atoms with Crippen LogP contribution in [0.3, 0.4) is 0 Å². The fourth-order valence-corrected chi connectivity index (χ4v) is 2.78. The van der Waals surface area contributed by atoms with Gasteiger partial charge in [0.1, 0.15) is 5.82 Å². The Bertz CT molecular complexity index is 802. The van der Waals surface area contributed by atoms with Gasteiger partial charge in [0.05, 0.1) is 17.3 Å². The zero-order valence-electron chi connectivity index (χ0n) is 11.8. The first-order valence-electron chi connectivity index (χ1n) is 6.65. The zero-order valence-corrected chi connectivity index (χ0v) is 14.1. The molecule has 0 aliphatic heterocycles. The lowest BCUT2D eigenvalue weighted by Gasteiger charge is -2.08. The molecule has 0 saturated heterocycles. The lowest BCUT2D eigenvalue weighted by atomic mass is 10.2. The summed E-state index contributed by atoms with van der Waals surface area (Å²) in [5, 5.41) is 11.0. The number of H-pyrrole nitrogens is 1. The fourth-order valence-electron chi connectivity index (χ4n) is 2.00. The van der Waals surface area contributed by atoms with Crippen LogP contribution in [0.5, 0.6) is 0 Å². The molecule has 112 valence electrons. The zero-order chi connectivity index (χ0) is 15.5. The average Bonchev–Trinajstić information content (AvgIpc) is 2.93. The maximum absolute atomic E-state index is 5.89. The van der Waals surface area contributed by atoms with Crippen LogP contribution in [0.25, 0.3) is 11.4 Å².